The van der Waals surface area contributed by atoms with E-state index in [1.54, 1.807) is 0 Å². The van der Waals surface area contributed by atoms with Crippen molar-refractivity contribution < 1.29 is 9.53 Å². The summed E-state index contributed by atoms with van der Waals surface area (Å²) in [4.78, 5) is 14.1. The number of ether oxygens (including phenoxy) is 1. The van der Waals surface area contributed by atoms with E-state index in [0.717, 1.165) is 36.8 Å². The van der Waals surface area contributed by atoms with Crippen molar-refractivity contribution >= 4 is 6.03 Å². The van der Waals surface area contributed by atoms with Crippen LogP contribution in [-0.2, 0) is 6.54 Å². The molecule has 1 aromatic carbocycles. The number of urea groups is 1. The van der Waals surface area contributed by atoms with Gasteiger partial charge in [-0.2, -0.15) is 0 Å². The molecule has 120 valence electrons. The standard InChI is InChI=1S/C17H25N3O2/c1-12-15(18)8-9-20(12)17(21)19-10-14-4-2-3-5-16(14)22-11-13-6-7-13/h2-5,12-13,15H,6-11,18H2,1H3,(H,19,21)/t12-,15-/m0/s1. The SMILES string of the molecule is C[C@H]1[C@@H](N)CCN1C(=O)NCc1ccccc1OCC1CC1. The molecule has 5 nitrogen and oxygen atoms in total. The number of hydrogen-bond donors (Lipinski definition) is 2. The number of nitrogens with two attached hydrogens (primary N) is 1. The van der Waals surface area contributed by atoms with E-state index in [2.05, 4.69) is 5.32 Å². The van der Waals surface area contributed by atoms with Gasteiger partial charge in [-0.25, -0.2) is 4.79 Å². The van der Waals surface area contributed by atoms with Gasteiger partial charge in [0.2, 0.25) is 0 Å². The molecule has 0 radical (unpaired) electrons. The van der Waals surface area contributed by atoms with Crippen molar-refractivity contribution in [3.63, 3.8) is 0 Å². The van der Waals surface area contributed by atoms with Crippen LogP contribution >= 0.6 is 0 Å². The molecule has 1 saturated carbocycles. The highest BCUT2D eigenvalue weighted by molar-refractivity contribution is 5.75. The number of para-hydroxylation sites is 1. The van der Waals surface area contributed by atoms with Gasteiger partial charge in [0, 0.05) is 30.7 Å². The fraction of sp³-hybridized carbons (Fsp3) is 0.588. The maximum absolute atomic E-state index is 12.3. The molecule has 1 aliphatic heterocycles. The minimum atomic E-state index is -0.0440. The van der Waals surface area contributed by atoms with E-state index >= 15 is 0 Å². The minimum absolute atomic E-state index is 0.0440. The Kier molecular flexibility index (Phi) is 4.52. The Morgan fingerprint density at radius 1 is 1.36 bits per heavy atom. The molecule has 0 spiro atoms. The number of amides is 2. The average Bonchev–Trinajstić information content (AvgIpc) is 3.30. The highest BCUT2D eigenvalue weighted by atomic mass is 16.5. The first-order valence-corrected chi connectivity index (χ1v) is 8.16. The zero-order valence-electron chi connectivity index (χ0n) is 13.1. The van der Waals surface area contributed by atoms with Gasteiger partial charge in [0.1, 0.15) is 5.75 Å². The molecule has 2 fully saturated rings. The van der Waals surface area contributed by atoms with E-state index < -0.39 is 0 Å². The van der Waals surface area contributed by atoms with E-state index in [1.807, 2.05) is 36.1 Å². The first-order chi connectivity index (χ1) is 10.6. The third-order valence-electron chi connectivity index (χ3n) is 4.65. The summed E-state index contributed by atoms with van der Waals surface area (Å²) in [7, 11) is 0. The highest BCUT2D eigenvalue weighted by Gasteiger charge is 2.31. The molecule has 1 aliphatic carbocycles. The van der Waals surface area contributed by atoms with E-state index in [1.165, 1.54) is 12.8 Å². The van der Waals surface area contributed by atoms with Crippen LogP contribution in [0.25, 0.3) is 0 Å². The van der Waals surface area contributed by atoms with Crippen LogP contribution < -0.4 is 15.8 Å². The third kappa shape index (κ3) is 3.53. The van der Waals surface area contributed by atoms with Crippen molar-refractivity contribution in [2.75, 3.05) is 13.2 Å². The smallest absolute Gasteiger partial charge is 0.317 e. The number of carbonyl (C=O) groups excluding carboxylic acids is 1. The molecule has 1 heterocycles. The van der Waals surface area contributed by atoms with Crippen molar-refractivity contribution in [1.29, 1.82) is 0 Å². The van der Waals surface area contributed by atoms with Gasteiger partial charge < -0.3 is 20.7 Å². The number of carbonyl (C=O) groups is 1. The summed E-state index contributed by atoms with van der Waals surface area (Å²) in [6.45, 7) is 4.00. The Labute approximate surface area is 131 Å². The van der Waals surface area contributed by atoms with Crippen LogP contribution in [0.15, 0.2) is 24.3 Å². The molecule has 2 amide bonds. The van der Waals surface area contributed by atoms with Gasteiger partial charge in [-0.3, -0.25) is 0 Å². The maximum atomic E-state index is 12.3. The lowest BCUT2D eigenvalue weighted by Gasteiger charge is -2.23. The number of rotatable bonds is 5. The molecule has 0 unspecified atom stereocenters. The van der Waals surface area contributed by atoms with Crippen molar-refractivity contribution in [2.24, 2.45) is 11.7 Å². The van der Waals surface area contributed by atoms with Crippen LogP contribution in [0.5, 0.6) is 5.75 Å². The van der Waals surface area contributed by atoms with E-state index in [-0.39, 0.29) is 18.1 Å². The van der Waals surface area contributed by atoms with Crippen LogP contribution in [0.4, 0.5) is 4.79 Å². The van der Waals surface area contributed by atoms with Gasteiger partial charge in [-0.15, -0.1) is 0 Å². The van der Waals surface area contributed by atoms with Crippen molar-refractivity contribution in [2.45, 2.75) is 44.8 Å². The Morgan fingerprint density at radius 3 is 2.82 bits per heavy atom. The van der Waals surface area contributed by atoms with Crippen molar-refractivity contribution in [1.82, 2.24) is 10.2 Å². The van der Waals surface area contributed by atoms with Gasteiger partial charge in [0.25, 0.3) is 0 Å². The summed E-state index contributed by atoms with van der Waals surface area (Å²) in [5, 5.41) is 2.99. The van der Waals surface area contributed by atoms with Gasteiger partial charge in [0.05, 0.1) is 6.61 Å². The Bertz CT molecular complexity index is 530. The molecule has 5 heteroatoms. The molecule has 2 aliphatic rings. The summed E-state index contributed by atoms with van der Waals surface area (Å²) >= 11 is 0. The van der Waals surface area contributed by atoms with Crippen LogP contribution in [0.2, 0.25) is 0 Å². The predicted molar refractivity (Wildman–Crippen MR) is 85.7 cm³/mol. The van der Waals surface area contributed by atoms with E-state index in [0.29, 0.717) is 6.54 Å². The average molecular weight is 303 g/mol. The molecule has 0 bridgehead atoms. The molecule has 0 aromatic heterocycles. The predicted octanol–water partition coefficient (Wildman–Crippen LogP) is 2.11. The monoisotopic (exact) mass is 303 g/mol. The zero-order chi connectivity index (χ0) is 15.5. The molecule has 3 N–H and O–H groups in total. The molecule has 1 aromatic rings. The number of nitrogens with zero attached hydrogens (tertiary/aromatic N) is 1. The Hall–Kier alpha value is -1.75. The number of nitrogens with one attached hydrogen (secondary N) is 1. The molecule has 22 heavy (non-hydrogen) atoms. The van der Waals surface area contributed by atoms with Gasteiger partial charge in [-0.1, -0.05) is 18.2 Å². The lowest BCUT2D eigenvalue weighted by atomic mass is 10.2. The van der Waals surface area contributed by atoms with E-state index in [9.17, 15) is 4.79 Å². The van der Waals surface area contributed by atoms with Crippen LogP contribution in [0, 0.1) is 5.92 Å². The molecular weight excluding hydrogens is 278 g/mol. The third-order valence-corrected chi connectivity index (χ3v) is 4.65. The fourth-order valence-electron chi connectivity index (χ4n) is 2.81. The lowest BCUT2D eigenvalue weighted by molar-refractivity contribution is 0.193. The molecule has 3 rings (SSSR count). The molecule has 1 saturated heterocycles. The summed E-state index contributed by atoms with van der Waals surface area (Å²) in [5.74, 6) is 1.59. The highest BCUT2D eigenvalue weighted by Crippen LogP contribution is 2.30. The van der Waals surface area contributed by atoms with Crippen LogP contribution in [0.3, 0.4) is 0 Å². The Balaban J connectivity index is 1.55. The fourth-order valence-corrected chi connectivity index (χ4v) is 2.81. The summed E-state index contributed by atoms with van der Waals surface area (Å²) in [5.41, 5.74) is 6.99. The summed E-state index contributed by atoms with van der Waals surface area (Å²) < 4.78 is 5.87. The summed E-state index contributed by atoms with van der Waals surface area (Å²) in [6.07, 6.45) is 3.41. The van der Waals surface area contributed by atoms with Gasteiger partial charge in [-0.05, 0) is 38.2 Å². The quantitative estimate of drug-likeness (QED) is 0.875. The lowest BCUT2D eigenvalue weighted by Crippen LogP contribution is -2.45. The van der Waals surface area contributed by atoms with Crippen LogP contribution in [0.1, 0.15) is 31.7 Å². The second kappa shape index (κ2) is 6.57. The first-order valence-electron chi connectivity index (χ1n) is 8.16. The first kappa shape index (κ1) is 15.2. The molecule has 2 atom stereocenters. The van der Waals surface area contributed by atoms with E-state index in [4.69, 9.17) is 10.5 Å². The van der Waals surface area contributed by atoms with Crippen molar-refractivity contribution in [3.8, 4) is 5.75 Å². The number of hydrogen-bond acceptors (Lipinski definition) is 3. The summed E-state index contributed by atoms with van der Waals surface area (Å²) in [6, 6.07) is 8.05. The zero-order valence-corrected chi connectivity index (χ0v) is 13.1. The largest absolute Gasteiger partial charge is 0.493 e. The normalized spacial score (nSPS) is 24.4. The second-order valence-electron chi connectivity index (χ2n) is 6.41. The number of benzene rings is 1. The van der Waals surface area contributed by atoms with Gasteiger partial charge >= 0.3 is 6.03 Å². The Morgan fingerprint density at radius 2 is 2.14 bits per heavy atom. The minimum Gasteiger partial charge on any atom is -0.493 e. The van der Waals surface area contributed by atoms with Crippen molar-refractivity contribution in [3.05, 3.63) is 29.8 Å². The topological polar surface area (TPSA) is 67.6 Å². The second-order valence-corrected chi connectivity index (χ2v) is 6.41. The van der Waals surface area contributed by atoms with Crippen LogP contribution in [-0.4, -0.2) is 36.2 Å². The number of likely N-dealkylation sites (tertiary alicyclic amines) is 1. The van der Waals surface area contributed by atoms with Gasteiger partial charge in [0.15, 0.2) is 0 Å². The maximum Gasteiger partial charge on any atom is 0.317 e. The molecular formula is C17H25N3O2.